The van der Waals surface area contributed by atoms with Crippen LogP contribution in [0.1, 0.15) is 5.76 Å². The van der Waals surface area contributed by atoms with Crippen molar-refractivity contribution in [3.05, 3.63) is 46.6 Å². The summed E-state index contributed by atoms with van der Waals surface area (Å²) in [7, 11) is 0. The smallest absolute Gasteiger partial charge is 0.147 e. The molecule has 0 amide bonds. The lowest BCUT2D eigenvalue weighted by Gasteiger charge is -1.96. The number of hydrazone groups is 1. The maximum Gasteiger partial charge on any atom is 0.147 e. The summed E-state index contributed by atoms with van der Waals surface area (Å²) in [6, 6.07) is 11.6. The predicted molar refractivity (Wildman–Crippen MR) is 63.6 cm³/mol. The van der Waals surface area contributed by atoms with Crippen LogP contribution in [0.5, 0.6) is 0 Å². The van der Waals surface area contributed by atoms with Crippen molar-refractivity contribution in [3.63, 3.8) is 0 Å². The molecule has 0 saturated heterocycles. The molecule has 3 nitrogen and oxygen atoms in total. The summed E-state index contributed by atoms with van der Waals surface area (Å²) in [5.74, 6) is 6.48. The fourth-order valence-corrected chi connectivity index (χ4v) is 1.53. The van der Waals surface area contributed by atoms with Crippen molar-refractivity contribution < 1.29 is 4.42 Å². The molecule has 0 aliphatic rings. The van der Waals surface area contributed by atoms with Crippen LogP contribution in [0, 0.1) is 0 Å². The van der Waals surface area contributed by atoms with Gasteiger partial charge in [-0.15, -0.1) is 0 Å². The van der Waals surface area contributed by atoms with Gasteiger partial charge in [0.05, 0.1) is 6.21 Å². The van der Waals surface area contributed by atoms with Gasteiger partial charge in [0.25, 0.3) is 0 Å². The molecule has 2 aromatic rings. The van der Waals surface area contributed by atoms with E-state index in [1.54, 1.807) is 0 Å². The minimum Gasteiger partial charge on any atom is -0.455 e. The van der Waals surface area contributed by atoms with E-state index < -0.39 is 0 Å². The van der Waals surface area contributed by atoms with Crippen LogP contribution >= 0.6 is 15.9 Å². The second kappa shape index (κ2) is 4.31. The molecule has 1 aromatic carbocycles. The topological polar surface area (TPSA) is 51.5 Å². The number of hydrogen-bond acceptors (Lipinski definition) is 3. The number of benzene rings is 1. The Balaban J connectivity index is 2.33. The maximum absolute atomic E-state index is 5.51. The second-order valence-electron chi connectivity index (χ2n) is 2.99. The van der Waals surface area contributed by atoms with Crippen molar-refractivity contribution >= 4 is 22.1 Å². The molecule has 0 spiro atoms. The van der Waals surface area contributed by atoms with Crippen LogP contribution in [0.25, 0.3) is 11.3 Å². The van der Waals surface area contributed by atoms with Gasteiger partial charge in [0, 0.05) is 10.0 Å². The van der Waals surface area contributed by atoms with Gasteiger partial charge in [-0.3, -0.25) is 0 Å². The van der Waals surface area contributed by atoms with Crippen molar-refractivity contribution in [2.75, 3.05) is 0 Å². The highest BCUT2D eigenvalue weighted by Crippen LogP contribution is 2.23. The van der Waals surface area contributed by atoms with E-state index >= 15 is 0 Å². The van der Waals surface area contributed by atoms with Crippen molar-refractivity contribution in [2.24, 2.45) is 10.9 Å². The predicted octanol–water partition coefficient (Wildman–Crippen LogP) is 3.00. The molecule has 0 aliphatic heterocycles. The van der Waals surface area contributed by atoms with Gasteiger partial charge in [-0.05, 0) is 24.3 Å². The maximum atomic E-state index is 5.51. The zero-order valence-corrected chi connectivity index (χ0v) is 9.44. The first-order valence-corrected chi connectivity index (χ1v) is 5.18. The minimum atomic E-state index is 0.649. The van der Waals surface area contributed by atoms with E-state index in [-0.39, 0.29) is 0 Å². The first kappa shape index (κ1) is 9.98. The van der Waals surface area contributed by atoms with Crippen molar-refractivity contribution in [2.45, 2.75) is 0 Å². The van der Waals surface area contributed by atoms with E-state index in [2.05, 4.69) is 21.0 Å². The molecule has 76 valence electrons. The van der Waals surface area contributed by atoms with Gasteiger partial charge in [-0.25, -0.2) is 0 Å². The van der Waals surface area contributed by atoms with E-state index in [9.17, 15) is 0 Å². The zero-order valence-electron chi connectivity index (χ0n) is 7.85. The second-order valence-corrected chi connectivity index (χ2v) is 3.90. The summed E-state index contributed by atoms with van der Waals surface area (Å²) in [5.41, 5.74) is 1.02. The summed E-state index contributed by atoms with van der Waals surface area (Å²) in [4.78, 5) is 0. The number of halogens is 1. The average molecular weight is 265 g/mol. The third-order valence-corrected chi connectivity index (χ3v) is 2.49. The van der Waals surface area contributed by atoms with Crippen LogP contribution in [-0.2, 0) is 0 Å². The molecular formula is C11H9BrN2O. The van der Waals surface area contributed by atoms with E-state index in [0.717, 1.165) is 15.8 Å². The Labute approximate surface area is 95.7 Å². The lowest BCUT2D eigenvalue weighted by atomic mass is 10.2. The van der Waals surface area contributed by atoms with Gasteiger partial charge >= 0.3 is 0 Å². The normalized spacial score (nSPS) is 11.0. The highest BCUT2D eigenvalue weighted by Gasteiger charge is 2.02. The van der Waals surface area contributed by atoms with Crippen LogP contribution in [0.15, 0.2) is 50.4 Å². The Morgan fingerprint density at radius 1 is 1.13 bits per heavy atom. The molecule has 4 heteroatoms. The third-order valence-electron chi connectivity index (χ3n) is 1.96. The third kappa shape index (κ3) is 2.27. The van der Waals surface area contributed by atoms with Gasteiger partial charge in [0.2, 0.25) is 0 Å². The molecule has 0 bridgehead atoms. The zero-order chi connectivity index (χ0) is 10.7. The minimum absolute atomic E-state index is 0.649. The molecule has 0 aliphatic carbocycles. The number of nitrogens with zero attached hydrogens (tertiary/aromatic N) is 1. The highest BCUT2D eigenvalue weighted by molar-refractivity contribution is 9.10. The van der Waals surface area contributed by atoms with Gasteiger partial charge in [0.1, 0.15) is 11.5 Å². The molecule has 0 saturated carbocycles. The molecule has 1 heterocycles. The first-order valence-electron chi connectivity index (χ1n) is 4.38. The lowest BCUT2D eigenvalue weighted by Crippen LogP contribution is -1.82. The van der Waals surface area contributed by atoms with Crippen LogP contribution in [0.4, 0.5) is 0 Å². The van der Waals surface area contributed by atoms with Crippen molar-refractivity contribution in [1.82, 2.24) is 0 Å². The highest BCUT2D eigenvalue weighted by atomic mass is 79.9. The molecule has 15 heavy (non-hydrogen) atoms. The van der Waals surface area contributed by atoms with Crippen molar-refractivity contribution in [1.29, 1.82) is 0 Å². The van der Waals surface area contributed by atoms with Crippen LogP contribution < -0.4 is 5.84 Å². The molecule has 0 atom stereocenters. The Hall–Kier alpha value is -1.55. The van der Waals surface area contributed by atoms with E-state index in [4.69, 9.17) is 10.3 Å². The summed E-state index contributed by atoms with van der Waals surface area (Å²) in [5, 5.41) is 3.40. The van der Waals surface area contributed by atoms with Gasteiger partial charge in [0.15, 0.2) is 0 Å². The average Bonchev–Trinajstić information content (AvgIpc) is 2.68. The fraction of sp³-hybridized carbons (Fsp3) is 0. The molecule has 1 aromatic heterocycles. The van der Waals surface area contributed by atoms with Crippen LogP contribution in [0.2, 0.25) is 0 Å². The van der Waals surface area contributed by atoms with Crippen LogP contribution in [0.3, 0.4) is 0 Å². The van der Waals surface area contributed by atoms with E-state index in [0.29, 0.717) is 5.76 Å². The number of hydrogen-bond donors (Lipinski definition) is 1. The largest absolute Gasteiger partial charge is 0.455 e. The summed E-state index contributed by atoms with van der Waals surface area (Å²) in [6.45, 7) is 0. The quantitative estimate of drug-likeness (QED) is 0.515. The molecule has 2 N–H and O–H groups in total. The summed E-state index contributed by atoms with van der Waals surface area (Å²) >= 11 is 3.38. The van der Waals surface area contributed by atoms with Crippen LogP contribution in [-0.4, -0.2) is 6.21 Å². The Morgan fingerprint density at radius 2 is 1.87 bits per heavy atom. The fourth-order valence-electron chi connectivity index (χ4n) is 1.26. The van der Waals surface area contributed by atoms with Crippen molar-refractivity contribution in [3.8, 4) is 11.3 Å². The molecule has 0 fully saturated rings. The van der Waals surface area contributed by atoms with Gasteiger partial charge in [-0.1, -0.05) is 28.1 Å². The summed E-state index contributed by atoms with van der Waals surface area (Å²) < 4.78 is 6.55. The van der Waals surface area contributed by atoms with E-state index in [1.807, 2.05) is 36.4 Å². The van der Waals surface area contributed by atoms with Gasteiger partial charge in [-0.2, -0.15) is 5.10 Å². The van der Waals surface area contributed by atoms with Gasteiger partial charge < -0.3 is 10.3 Å². The molecule has 2 rings (SSSR count). The van der Waals surface area contributed by atoms with E-state index in [1.165, 1.54) is 6.21 Å². The number of furan rings is 1. The lowest BCUT2D eigenvalue weighted by molar-refractivity contribution is 0.575. The number of nitrogens with two attached hydrogens (primary N) is 1. The first-order chi connectivity index (χ1) is 7.29. The molecule has 0 radical (unpaired) electrons. The molecule has 0 unspecified atom stereocenters. The standard InChI is InChI=1S/C11H9BrN2O/c12-9-3-1-8(2-4-9)11-6-5-10(15-11)7-14-13/h1-7H,13H2. The molecular weight excluding hydrogens is 256 g/mol. The number of rotatable bonds is 2. The Morgan fingerprint density at radius 3 is 2.53 bits per heavy atom. The SMILES string of the molecule is NN=Cc1ccc(-c2ccc(Br)cc2)o1. The monoisotopic (exact) mass is 264 g/mol. The Bertz CT molecular complexity index is 474. The summed E-state index contributed by atoms with van der Waals surface area (Å²) in [6.07, 6.45) is 1.47. The Kier molecular flexibility index (Phi) is 2.87.